The van der Waals surface area contributed by atoms with E-state index in [-0.39, 0.29) is 11.1 Å². The fraction of sp³-hybridized carbons (Fsp3) is 0.0556. The number of methoxy groups -OCH3 is 1. The first kappa shape index (κ1) is 16.9. The van der Waals surface area contributed by atoms with Crippen molar-refractivity contribution >= 4 is 23.6 Å². The lowest BCUT2D eigenvalue weighted by atomic mass is 10.0. The minimum absolute atomic E-state index is 0.198. The van der Waals surface area contributed by atoms with Crippen LogP contribution < -0.4 is 5.32 Å². The molecule has 2 rings (SSSR count). The maximum Gasteiger partial charge on any atom is 0.338 e. The molecule has 0 fully saturated rings. The highest BCUT2D eigenvalue weighted by atomic mass is 19.1. The summed E-state index contributed by atoms with van der Waals surface area (Å²) in [6.45, 7) is 0. The Balaban J connectivity index is 2.29. The molecule has 1 N–H and O–H groups in total. The average Bonchev–Trinajstić information content (AvgIpc) is 2.61. The normalized spacial score (nSPS) is 10.6. The zero-order valence-electron chi connectivity index (χ0n) is 12.7. The summed E-state index contributed by atoms with van der Waals surface area (Å²) < 4.78 is 17.5. The molecule has 0 spiro atoms. The van der Waals surface area contributed by atoms with Gasteiger partial charge in [0.15, 0.2) is 0 Å². The second-order valence-corrected chi connectivity index (χ2v) is 4.71. The van der Waals surface area contributed by atoms with Crippen LogP contribution in [0.4, 0.5) is 10.1 Å². The molecule has 0 aliphatic heterocycles. The van der Waals surface area contributed by atoms with E-state index >= 15 is 0 Å². The standard InChI is InChI=1S/C18H13FN2O3/c1-24-18(23)16-5-3-2-4-12(16)10-13(11-20)17(22)21-15-8-6-14(19)7-9-15/h2-10H,1H3,(H,21,22)/b13-10+. The van der Waals surface area contributed by atoms with Gasteiger partial charge in [-0.2, -0.15) is 5.26 Å². The van der Waals surface area contributed by atoms with Crippen molar-refractivity contribution in [1.82, 2.24) is 0 Å². The van der Waals surface area contributed by atoms with Crippen molar-refractivity contribution in [2.24, 2.45) is 0 Å². The van der Waals surface area contributed by atoms with Crippen LogP contribution in [0.1, 0.15) is 15.9 Å². The Bertz CT molecular complexity index is 836. The predicted octanol–water partition coefficient (Wildman–Crippen LogP) is 3.16. The second-order valence-electron chi connectivity index (χ2n) is 4.71. The topological polar surface area (TPSA) is 79.2 Å². The van der Waals surface area contributed by atoms with Crippen molar-refractivity contribution in [1.29, 1.82) is 5.26 Å². The zero-order chi connectivity index (χ0) is 17.5. The molecule has 5 nitrogen and oxygen atoms in total. The Morgan fingerprint density at radius 1 is 1.17 bits per heavy atom. The Labute approximate surface area is 138 Å². The lowest BCUT2D eigenvalue weighted by molar-refractivity contribution is -0.112. The Kier molecular flexibility index (Phi) is 5.42. The van der Waals surface area contributed by atoms with Crippen molar-refractivity contribution in [2.75, 3.05) is 12.4 Å². The first-order chi connectivity index (χ1) is 11.5. The van der Waals surface area contributed by atoms with E-state index in [0.29, 0.717) is 11.3 Å². The number of hydrogen-bond acceptors (Lipinski definition) is 4. The van der Waals surface area contributed by atoms with Crippen LogP contribution in [0.25, 0.3) is 6.08 Å². The number of carbonyl (C=O) groups is 2. The number of amides is 1. The van der Waals surface area contributed by atoms with Gasteiger partial charge in [-0.25, -0.2) is 9.18 Å². The maximum absolute atomic E-state index is 12.9. The van der Waals surface area contributed by atoms with Gasteiger partial charge in [0.25, 0.3) is 5.91 Å². The first-order valence-electron chi connectivity index (χ1n) is 6.91. The molecule has 0 aromatic heterocycles. The number of anilines is 1. The van der Waals surface area contributed by atoms with E-state index < -0.39 is 17.7 Å². The van der Waals surface area contributed by atoms with Crippen LogP contribution in [0.5, 0.6) is 0 Å². The molecule has 0 radical (unpaired) electrons. The van der Waals surface area contributed by atoms with Crippen LogP contribution >= 0.6 is 0 Å². The highest BCUT2D eigenvalue weighted by Gasteiger charge is 2.14. The number of nitrogens with zero attached hydrogens (tertiary/aromatic N) is 1. The van der Waals surface area contributed by atoms with Crippen LogP contribution in [0.2, 0.25) is 0 Å². The van der Waals surface area contributed by atoms with Gasteiger partial charge in [-0.05, 0) is 42.0 Å². The smallest absolute Gasteiger partial charge is 0.338 e. The molecular weight excluding hydrogens is 311 g/mol. The molecule has 6 heteroatoms. The predicted molar refractivity (Wildman–Crippen MR) is 86.4 cm³/mol. The fourth-order valence-corrected chi connectivity index (χ4v) is 1.95. The minimum atomic E-state index is -0.663. The average molecular weight is 324 g/mol. The molecule has 0 saturated heterocycles. The van der Waals surface area contributed by atoms with Crippen molar-refractivity contribution in [3.8, 4) is 6.07 Å². The summed E-state index contributed by atoms with van der Waals surface area (Å²) in [7, 11) is 1.25. The third kappa shape index (κ3) is 4.05. The summed E-state index contributed by atoms with van der Waals surface area (Å²) in [4.78, 5) is 23.9. The van der Waals surface area contributed by atoms with Gasteiger partial charge in [-0.1, -0.05) is 18.2 Å². The molecule has 2 aromatic carbocycles. The van der Waals surface area contributed by atoms with E-state index in [9.17, 15) is 19.2 Å². The van der Waals surface area contributed by atoms with Gasteiger partial charge in [0, 0.05) is 5.69 Å². The molecule has 0 heterocycles. The number of nitrogens with one attached hydrogen (secondary N) is 1. The number of benzene rings is 2. The number of rotatable bonds is 4. The van der Waals surface area contributed by atoms with Crippen LogP contribution in [0.3, 0.4) is 0 Å². The zero-order valence-corrected chi connectivity index (χ0v) is 12.7. The minimum Gasteiger partial charge on any atom is -0.465 e. The van der Waals surface area contributed by atoms with E-state index in [1.165, 1.54) is 43.5 Å². The number of nitriles is 1. The van der Waals surface area contributed by atoms with E-state index in [4.69, 9.17) is 0 Å². The van der Waals surface area contributed by atoms with Gasteiger partial charge < -0.3 is 10.1 Å². The third-order valence-electron chi connectivity index (χ3n) is 3.13. The van der Waals surface area contributed by atoms with E-state index in [1.54, 1.807) is 24.3 Å². The van der Waals surface area contributed by atoms with Crippen molar-refractivity contribution in [2.45, 2.75) is 0 Å². The lowest BCUT2D eigenvalue weighted by Crippen LogP contribution is -2.13. The van der Waals surface area contributed by atoms with Gasteiger partial charge in [0.1, 0.15) is 17.5 Å². The number of ether oxygens (including phenoxy) is 1. The molecule has 0 aliphatic rings. The van der Waals surface area contributed by atoms with Crippen LogP contribution in [0, 0.1) is 17.1 Å². The molecule has 0 saturated carbocycles. The molecule has 2 aromatic rings. The number of halogens is 1. The van der Waals surface area contributed by atoms with E-state index in [2.05, 4.69) is 10.1 Å². The van der Waals surface area contributed by atoms with Crippen LogP contribution in [-0.2, 0) is 9.53 Å². The summed E-state index contributed by atoms with van der Waals surface area (Å²) >= 11 is 0. The van der Waals surface area contributed by atoms with E-state index in [1.807, 2.05) is 0 Å². The van der Waals surface area contributed by atoms with Gasteiger partial charge in [-0.3, -0.25) is 4.79 Å². The molecular formula is C18H13FN2O3. The molecule has 120 valence electrons. The molecule has 0 unspecified atom stereocenters. The number of hydrogen-bond donors (Lipinski definition) is 1. The van der Waals surface area contributed by atoms with Crippen LogP contribution in [0.15, 0.2) is 54.1 Å². The maximum atomic E-state index is 12.9. The summed E-state index contributed by atoms with van der Waals surface area (Å²) in [6.07, 6.45) is 1.30. The monoisotopic (exact) mass is 324 g/mol. The number of carbonyl (C=O) groups excluding carboxylic acids is 2. The summed E-state index contributed by atoms with van der Waals surface area (Å²) in [5.41, 5.74) is 0.775. The highest BCUT2D eigenvalue weighted by Crippen LogP contribution is 2.16. The molecule has 1 amide bonds. The van der Waals surface area contributed by atoms with Gasteiger partial charge >= 0.3 is 5.97 Å². The fourth-order valence-electron chi connectivity index (χ4n) is 1.95. The van der Waals surface area contributed by atoms with Crippen molar-refractivity contribution < 1.29 is 18.7 Å². The quantitative estimate of drug-likeness (QED) is 0.532. The van der Waals surface area contributed by atoms with Gasteiger partial charge in [0.2, 0.25) is 0 Å². The van der Waals surface area contributed by atoms with E-state index in [0.717, 1.165) is 0 Å². The summed E-state index contributed by atoms with van der Waals surface area (Å²) in [5.74, 6) is -1.67. The van der Waals surface area contributed by atoms with Crippen molar-refractivity contribution in [3.05, 3.63) is 71.0 Å². The molecule has 0 aliphatic carbocycles. The largest absolute Gasteiger partial charge is 0.465 e. The lowest BCUT2D eigenvalue weighted by Gasteiger charge is -2.06. The molecule has 0 bridgehead atoms. The van der Waals surface area contributed by atoms with Crippen molar-refractivity contribution in [3.63, 3.8) is 0 Å². The third-order valence-corrected chi connectivity index (χ3v) is 3.13. The SMILES string of the molecule is COC(=O)c1ccccc1/C=C(\C#N)C(=O)Nc1ccc(F)cc1. The Morgan fingerprint density at radius 3 is 2.46 bits per heavy atom. The molecule has 0 atom stereocenters. The highest BCUT2D eigenvalue weighted by molar-refractivity contribution is 6.10. The Morgan fingerprint density at radius 2 is 1.83 bits per heavy atom. The second kappa shape index (κ2) is 7.70. The molecule has 24 heavy (non-hydrogen) atoms. The Hall–Kier alpha value is -3.46. The van der Waals surface area contributed by atoms with Gasteiger partial charge in [0.05, 0.1) is 12.7 Å². The summed E-state index contributed by atoms with van der Waals surface area (Å²) in [5, 5.41) is 11.7. The van der Waals surface area contributed by atoms with Gasteiger partial charge in [-0.15, -0.1) is 0 Å². The number of esters is 1. The van der Waals surface area contributed by atoms with Crippen LogP contribution in [-0.4, -0.2) is 19.0 Å². The first-order valence-corrected chi connectivity index (χ1v) is 6.91. The summed E-state index contributed by atoms with van der Waals surface area (Å²) in [6, 6.07) is 13.4.